The zero-order valence-electron chi connectivity index (χ0n) is 22.4. The van der Waals surface area contributed by atoms with Crippen LogP contribution in [0.1, 0.15) is 69.9 Å². The van der Waals surface area contributed by atoms with Gasteiger partial charge in [-0.2, -0.15) is 0 Å². The average Bonchev–Trinajstić information content (AvgIpc) is 3.39. The van der Waals surface area contributed by atoms with E-state index in [1.54, 1.807) is 0 Å². The lowest BCUT2D eigenvalue weighted by Crippen LogP contribution is -2.34. The monoisotopic (exact) mass is 437 g/mol. The van der Waals surface area contributed by atoms with Gasteiger partial charge in [-0.1, -0.05) is 31.4 Å². The first-order valence-corrected chi connectivity index (χ1v) is 11.5. The number of furan rings is 1. The first-order chi connectivity index (χ1) is 16.6. The molecule has 1 aromatic carbocycles. The second-order valence-corrected chi connectivity index (χ2v) is 9.79. The van der Waals surface area contributed by atoms with E-state index in [-0.39, 0.29) is 0 Å². The Kier molecular flexibility index (Phi) is 3.78. The first kappa shape index (κ1) is 14.6. The Morgan fingerprint density at radius 3 is 2.87 bits per heavy atom. The van der Waals surface area contributed by atoms with Crippen molar-refractivity contribution in [2.45, 2.75) is 69.3 Å². The number of fused-ring (bicyclic) bond motifs is 1. The maximum atomic E-state index is 13.0. The number of anilines is 1. The molecule has 1 unspecified atom stereocenters. The number of aliphatic hydroxyl groups is 1. The van der Waals surface area contributed by atoms with Crippen LogP contribution in [0.2, 0.25) is 0 Å². The number of carbonyl (C=O) groups is 1. The summed E-state index contributed by atoms with van der Waals surface area (Å²) in [4.78, 5) is 12.9. The highest BCUT2D eigenvalue weighted by Crippen LogP contribution is 2.37. The summed E-state index contributed by atoms with van der Waals surface area (Å²) < 4.78 is 73.3. The van der Waals surface area contributed by atoms with Crippen LogP contribution in [0.3, 0.4) is 0 Å². The van der Waals surface area contributed by atoms with E-state index in [4.69, 9.17) is 17.4 Å². The van der Waals surface area contributed by atoms with E-state index in [0.29, 0.717) is 17.9 Å². The van der Waals surface area contributed by atoms with Crippen LogP contribution >= 0.6 is 0 Å². The molecule has 0 saturated heterocycles. The summed E-state index contributed by atoms with van der Waals surface area (Å²) >= 11 is 0. The van der Waals surface area contributed by atoms with E-state index in [1.807, 2.05) is 6.07 Å². The van der Waals surface area contributed by atoms with Crippen molar-refractivity contribution < 1.29 is 26.8 Å². The highest BCUT2D eigenvalue weighted by atomic mass is 32.2. The fraction of sp³-hybridized carbons (Fsp3) is 0.500. The van der Waals surface area contributed by atoms with Crippen LogP contribution in [0.5, 0.6) is 0 Å². The minimum atomic E-state index is -4.16. The predicted molar refractivity (Wildman–Crippen MR) is 115 cm³/mol. The zero-order valence-corrected chi connectivity index (χ0v) is 17.2. The third-order valence-electron chi connectivity index (χ3n) is 5.85. The van der Waals surface area contributed by atoms with Crippen molar-refractivity contribution in [2.24, 2.45) is 5.92 Å². The molecule has 7 nitrogen and oxygen atoms in total. The molecule has 1 heterocycles. The van der Waals surface area contributed by atoms with Gasteiger partial charge in [-0.25, -0.2) is 18.5 Å². The summed E-state index contributed by atoms with van der Waals surface area (Å²) in [5.74, 6) is 0.546. The molecule has 0 aliphatic heterocycles. The van der Waals surface area contributed by atoms with Gasteiger partial charge in [0.1, 0.15) is 0 Å². The van der Waals surface area contributed by atoms with Crippen molar-refractivity contribution in [1.29, 1.82) is 4.78 Å². The Morgan fingerprint density at radius 2 is 2.17 bits per heavy atom. The van der Waals surface area contributed by atoms with E-state index in [0.717, 1.165) is 61.3 Å². The minimum Gasteiger partial charge on any atom is -0.452 e. The number of hydrogen-bond acceptors (Lipinski definition) is 5. The van der Waals surface area contributed by atoms with Gasteiger partial charge in [0.25, 0.3) is 0 Å². The number of carbonyl (C=O) groups excluding carboxylic acids is 1. The molecule has 162 valence electrons. The molecule has 2 amide bonds. The summed E-state index contributed by atoms with van der Waals surface area (Å²) in [6, 6.07) is 3.88. The van der Waals surface area contributed by atoms with E-state index in [1.165, 1.54) is 6.42 Å². The Labute approximate surface area is 185 Å². The molecule has 30 heavy (non-hydrogen) atoms. The summed E-state index contributed by atoms with van der Waals surface area (Å²) in [5, 5.41) is 12.7. The molecule has 1 fully saturated rings. The molecule has 0 spiro atoms. The molecule has 1 saturated carbocycles. The fourth-order valence-corrected chi connectivity index (χ4v) is 4.91. The van der Waals surface area contributed by atoms with Crippen LogP contribution in [-0.2, 0) is 34.8 Å². The van der Waals surface area contributed by atoms with Crippen LogP contribution in [0.4, 0.5) is 10.5 Å². The van der Waals surface area contributed by atoms with Crippen molar-refractivity contribution in [3.63, 3.8) is 0 Å². The Morgan fingerprint density at radius 1 is 1.37 bits per heavy atom. The molecule has 2 aromatic rings. The first-order valence-electron chi connectivity index (χ1n) is 13.0. The molecule has 0 bridgehead atoms. The summed E-state index contributed by atoms with van der Waals surface area (Å²) in [5.41, 5.74) is -0.210. The molecule has 2 aliphatic carbocycles. The van der Waals surface area contributed by atoms with E-state index in [2.05, 4.69) is 16.1 Å². The Hall–Kier alpha value is -2.32. The molecular weight excluding hydrogens is 402 g/mol. The van der Waals surface area contributed by atoms with Crippen molar-refractivity contribution in [1.82, 2.24) is 4.72 Å². The van der Waals surface area contributed by atoms with Gasteiger partial charge in [-0.15, -0.1) is 0 Å². The molecular formula is C22H29N3O4S. The van der Waals surface area contributed by atoms with Crippen molar-refractivity contribution in [2.75, 3.05) is 5.32 Å². The van der Waals surface area contributed by atoms with E-state index >= 15 is 0 Å². The fourth-order valence-electron chi connectivity index (χ4n) is 4.03. The highest BCUT2D eigenvalue weighted by Gasteiger charge is 2.26. The molecule has 4 rings (SSSR count). The van der Waals surface area contributed by atoms with Crippen LogP contribution < -0.4 is 10.0 Å². The van der Waals surface area contributed by atoms with Gasteiger partial charge in [0, 0.05) is 25.5 Å². The molecule has 2 aliphatic rings. The number of aryl methyl sites for hydroxylation is 1. The quantitative estimate of drug-likeness (QED) is 0.533. The smallest absolute Gasteiger partial charge is 0.332 e. The summed E-state index contributed by atoms with van der Waals surface area (Å²) in [7, 11) is -4.16. The lowest BCUT2D eigenvalue weighted by Gasteiger charge is -2.27. The molecule has 8 heteroatoms. The normalized spacial score (nSPS) is 22.2. The van der Waals surface area contributed by atoms with Crippen LogP contribution in [0.25, 0.3) is 0 Å². The predicted octanol–water partition coefficient (Wildman–Crippen LogP) is 4.48. The third-order valence-corrected chi connectivity index (χ3v) is 7.11. The largest absolute Gasteiger partial charge is 0.452 e. The average molecular weight is 438 g/mol. The summed E-state index contributed by atoms with van der Waals surface area (Å²) in [6.07, 6.45) is 7.53. The second-order valence-electron chi connectivity index (χ2n) is 8.07. The molecule has 1 aromatic heterocycles. The minimum absolute atomic E-state index is 0.546. The third kappa shape index (κ3) is 4.25. The van der Waals surface area contributed by atoms with Crippen molar-refractivity contribution >= 4 is 21.6 Å². The van der Waals surface area contributed by atoms with Gasteiger partial charge < -0.3 is 14.8 Å². The number of hydrogen-bond donors (Lipinski definition) is 4. The van der Waals surface area contributed by atoms with Crippen molar-refractivity contribution in [3.8, 4) is 0 Å². The van der Waals surface area contributed by atoms with Crippen LogP contribution in [0.15, 0.2) is 34.0 Å². The van der Waals surface area contributed by atoms with Crippen molar-refractivity contribution in [3.05, 3.63) is 46.7 Å². The van der Waals surface area contributed by atoms with Gasteiger partial charge in [0.15, 0.2) is 9.92 Å². The van der Waals surface area contributed by atoms with Gasteiger partial charge in [0.05, 0.1) is 11.9 Å². The number of benzene rings is 1. The standard InChI is InChI=1S/C22H29N3O4S/c1-22(2,27)17-12-19(29-13-17)30(23,28)25-21(26)24-20-16(11-14-5-3-6-14)10-9-15-7-4-8-18(15)20/h9-10,12-14,27H,3-8,11H2,1-2H3,(H3,23,24,25,26,28)/i1D3,2D3. The Bertz CT molecular complexity index is 1250. The lowest BCUT2D eigenvalue weighted by atomic mass is 9.80. The molecule has 0 radical (unpaired) electrons. The number of rotatable bonds is 6. The van der Waals surface area contributed by atoms with Gasteiger partial charge in [-0.05, 0) is 62.0 Å². The van der Waals surface area contributed by atoms with Gasteiger partial charge >= 0.3 is 6.03 Å². The van der Waals surface area contributed by atoms with E-state index in [9.17, 15) is 14.1 Å². The van der Waals surface area contributed by atoms with Gasteiger partial charge in [0.2, 0.25) is 5.09 Å². The topological polar surface area (TPSA) is 115 Å². The summed E-state index contributed by atoms with van der Waals surface area (Å²) in [6.45, 7) is -6.75. The van der Waals surface area contributed by atoms with E-state index < -0.39 is 45.9 Å². The number of amides is 2. The van der Waals surface area contributed by atoms with Crippen LogP contribution in [0, 0.1) is 10.7 Å². The highest BCUT2D eigenvalue weighted by molar-refractivity contribution is 7.91. The Balaban J connectivity index is 1.57. The molecule has 4 N–H and O–H groups in total. The number of nitrogens with one attached hydrogen (secondary N) is 3. The number of urea groups is 1. The van der Waals surface area contributed by atoms with Gasteiger partial charge in [-0.3, -0.25) is 0 Å². The second kappa shape index (κ2) is 7.74. The lowest BCUT2D eigenvalue weighted by molar-refractivity contribution is 0.0779. The SMILES string of the molecule is [2H]C([2H])([2H])C(O)(c1coc(S(=N)(=O)NC(=O)Nc2c(CC3CCC3)ccc3c2CCC3)c1)C([2H])([2H])[2H]. The van der Waals surface area contributed by atoms with Crippen LogP contribution in [-0.4, -0.2) is 15.3 Å². The zero-order chi connectivity index (χ0) is 26.5. The maximum absolute atomic E-state index is 13.0. The molecule has 1 atom stereocenters. The maximum Gasteiger partial charge on any atom is 0.332 e.